The van der Waals surface area contributed by atoms with Gasteiger partial charge in [-0.05, 0) is 68.3 Å². The molecule has 0 bridgehead atoms. The number of sulfone groups is 1. The fourth-order valence-electron chi connectivity index (χ4n) is 3.82. The molecular weight excluding hydrogens is 656 g/mol. The van der Waals surface area contributed by atoms with Gasteiger partial charge in [0.15, 0.2) is 33.2 Å². The van der Waals surface area contributed by atoms with Crippen LogP contribution in [0.5, 0.6) is 11.5 Å². The van der Waals surface area contributed by atoms with Gasteiger partial charge in [0, 0.05) is 18.8 Å². The predicted octanol–water partition coefficient (Wildman–Crippen LogP) is 3.24. The lowest BCUT2D eigenvalue weighted by Gasteiger charge is -2.10. The quantitative estimate of drug-likeness (QED) is 0.0669. The van der Waals surface area contributed by atoms with Crippen LogP contribution in [0.3, 0.4) is 0 Å². The van der Waals surface area contributed by atoms with Gasteiger partial charge in [0.25, 0.3) is 5.91 Å². The van der Waals surface area contributed by atoms with E-state index in [1.807, 2.05) is 6.92 Å². The Morgan fingerprint density at radius 2 is 1.23 bits per heavy atom. The van der Waals surface area contributed by atoms with Gasteiger partial charge in [-0.15, -0.1) is 0 Å². The van der Waals surface area contributed by atoms with Crippen molar-refractivity contribution in [2.75, 3.05) is 85.0 Å². The van der Waals surface area contributed by atoms with Crippen molar-refractivity contribution in [1.82, 2.24) is 0 Å². The van der Waals surface area contributed by atoms with Crippen LogP contribution in [0, 0.1) is 11.6 Å². The number of carbonyl (C=O) groups excluding carboxylic acids is 1. The number of guanidine groups is 1. The smallest absolute Gasteiger partial charge is 0.275 e. The largest absolute Gasteiger partial charge is 0.451 e. The zero-order chi connectivity index (χ0) is 35.2. The number of nitrogens with zero attached hydrogens (tertiary/aromatic N) is 1. The summed E-state index contributed by atoms with van der Waals surface area (Å²) < 4.78 is 92.2. The molecule has 2 rings (SSSR count). The molecule has 0 aliphatic rings. The number of ether oxygens (including phenoxy) is 7. The van der Waals surface area contributed by atoms with Crippen LogP contribution in [0.25, 0.3) is 6.08 Å². The van der Waals surface area contributed by atoms with Crippen LogP contribution in [0.4, 0.5) is 8.78 Å². The first-order chi connectivity index (χ1) is 23.0. The SMILES string of the molecule is CCOCCOCCOCCOCCOCCOCCCS(=O)(=O)c1ccc(Oc2c(F)cc(/C=C(\C)C(=O)N=C(N)N)cc2F)cc1. The molecule has 13 nitrogen and oxygen atoms in total. The molecule has 2 aromatic rings. The Hall–Kier alpha value is -3.51. The van der Waals surface area contributed by atoms with Crippen molar-refractivity contribution in [3.63, 3.8) is 0 Å². The molecule has 0 heterocycles. The minimum Gasteiger partial charge on any atom is -0.451 e. The number of amides is 1. The second-order valence-corrected chi connectivity index (χ2v) is 12.1. The fraction of sp³-hybridized carbons (Fsp3) is 0.500. The Balaban J connectivity index is 1.63. The maximum Gasteiger partial charge on any atom is 0.275 e. The Morgan fingerprint density at radius 1 is 0.771 bits per heavy atom. The Kier molecular flexibility index (Phi) is 19.4. The van der Waals surface area contributed by atoms with Crippen LogP contribution >= 0.6 is 0 Å². The summed E-state index contributed by atoms with van der Waals surface area (Å²) in [6.07, 6.45) is 1.47. The van der Waals surface area contributed by atoms with E-state index >= 15 is 0 Å². The molecule has 0 aliphatic heterocycles. The molecule has 0 radical (unpaired) electrons. The summed E-state index contributed by atoms with van der Waals surface area (Å²) in [4.78, 5) is 15.2. The molecule has 16 heteroatoms. The molecule has 0 unspecified atom stereocenters. The summed E-state index contributed by atoms with van der Waals surface area (Å²) in [7, 11) is -3.63. The minimum atomic E-state index is -3.63. The summed E-state index contributed by atoms with van der Waals surface area (Å²) in [5.41, 5.74) is 10.4. The number of hydrogen-bond acceptors (Lipinski definition) is 10. The topological polar surface area (TPSA) is 180 Å². The maximum atomic E-state index is 14.7. The van der Waals surface area contributed by atoms with Gasteiger partial charge in [-0.25, -0.2) is 17.2 Å². The zero-order valence-corrected chi connectivity index (χ0v) is 28.1. The van der Waals surface area contributed by atoms with Crippen molar-refractivity contribution in [3.8, 4) is 11.5 Å². The van der Waals surface area contributed by atoms with E-state index < -0.39 is 39.1 Å². The summed E-state index contributed by atoms with van der Waals surface area (Å²) in [5, 5.41) is 0. The highest BCUT2D eigenvalue weighted by Gasteiger charge is 2.17. The minimum absolute atomic E-state index is 0.0195. The summed E-state index contributed by atoms with van der Waals surface area (Å²) >= 11 is 0. The second kappa shape index (κ2) is 23.0. The third-order valence-corrected chi connectivity index (χ3v) is 7.96. The number of benzene rings is 2. The number of carbonyl (C=O) groups is 1. The van der Waals surface area contributed by atoms with E-state index in [1.165, 1.54) is 37.3 Å². The van der Waals surface area contributed by atoms with Crippen molar-refractivity contribution in [3.05, 3.63) is 59.2 Å². The molecule has 0 saturated heterocycles. The summed E-state index contributed by atoms with van der Waals surface area (Å²) in [5.74, 6) is -4.10. The van der Waals surface area contributed by atoms with Crippen molar-refractivity contribution in [2.45, 2.75) is 25.2 Å². The lowest BCUT2D eigenvalue weighted by Crippen LogP contribution is -2.24. The van der Waals surface area contributed by atoms with E-state index in [0.29, 0.717) is 72.7 Å². The second-order valence-electron chi connectivity index (χ2n) is 9.99. The molecule has 0 fully saturated rings. The standard InChI is InChI=1S/C32H45F2N3O10S/c1-3-41-10-11-43-14-15-45-18-19-46-17-16-44-13-12-42-9-4-20-48(39,40)27-7-5-26(6-8-27)47-30-28(33)22-25(23-29(30)34)21-24(2)31(38)37-32(35)36/h5-8,21-23H,3-4,9-20H2,1-2H3,(H4,35,36,37,38)/b24-21+. The predicted molar refractivity (Wildman–Crippen MR) is 175 cm³/mol. The summed E-state index contributed by atoms with van der Waals surface area (Å²) in [6.45, 7) is 8.68. The first-order valence-electron chi connectivity index (χ1n) is 15.3. The number of hydrogen-bond donors (Lipinski definition) is 2. The van der Waals surface area contributed by atoms with E-state index in [2.05, 4.69) is 4.99 Å². The zero-order valence-electron chi connectivity index (χ0n) is 27.3. The van der Waals surface area contributed by atoms with Crippen molar-refractivity contribution >= 4 is 27.8 Å². The molecule has 0 saturated carbocycles. The van der Waals surface area contributed by atoms with Crippen molar-refractivity contribution < 1.29 is 55.2 Å². The monoisotopic (exact) mass is 701 g/mol. The van der Waals surface area contributed by atoms with Crippen LogP contribution < -0.4 is 16.2 Å². The van der Waals surface area contributed by atoms with E-state index in [1.54, 1.807) is 0 Å². The highest BCUT2D eigenvalue weighted by molar-refractivity contribution is 7.91. The van der Waals surface area contributed by atoms with Crippen LogP contribution in [-0.2, 0) is 43.1 Å². The van der Waals surface area contributed by atoms with Gasteiger partial charge in [-0.2, -0.15) is 4.99 Å². The molecule has 48 heavy (non-hydrogen) atoms. The number of rotatable bonds is 25. The van der Waals surface area contributed by atoms with Gasteiger partial charge in [0.05, 0.1) is 76.7 Å². The van der Waals surface area contributed by atoms with Crippen LogP contribution in [-0.4, -0.2) is 105 Å². The van der Waals surface area contributed by atoms with Gasteiger partial charge in [-0.1, -0.05) is 0 Å². The average Bonchev–Trinajstić information content (AvgIpc) is 3.03. The first-order valence-corrected chi connectivity index (χ1v) is 17.0. The van der Waals surface area contributed by atoms with Gasteiger partial charge in [-0.3, -0.25) is 4.79 Å². The van der Waals surface area contributed by atoms with E-state index in [9.17, 15) is 22.0 Å². The number of halogens is 2. The number of nitrogens with two attached hydrogens (primary N) is 2. The Morgan fingerprint density at radius 3 is 1.69 bits per heavy atom. The van der Waals surface area contributed by atoms with Gasteiger partial charge in [0.2, 0.25) is 0 Å². The Bertz CT molecular complexity index is 1400. The fourth-order valence-corrected chi connectivity index (χ4v) is 5.11. The third kappa shape index (κ3) is 16.5. The van der Waals surface area contributed by atoms with E-state index in [0.717, 1.165) is 12.1 Å². The lowest BCUT2D eigenvalue weighted by atomic mass is 10.1. The van der Waals surface area contributed by atoms with E-state index in [4.69, 9.17) is 44.6 Å². The molecule has 2 aromatic carbocycles. The normalized spacial score (nSPS) is 11.9. The maximum absolute atomic E-state index is 14.7. The molecular formula is C32H45F2N3O10S. The molecule has 0 spiro atoms. The summed E-state index contributed by atoms with van der Waals surface area (Å²) in [6, 6.07) is 7.11. The first kappa shape index (κ1) is 40.7. The van der Waals surface area contributed by atoms with Crippen molar-refractivity contribution in [1.29, 1.82) is 0 Å². The van der Waals surface area contributed by atoms with Crippen molar-refractivity contribution in [2.24, 2.45) is 16.5 Å². The average molecular weight is 702 g/mol. The molecule has 4 N–H and O–H groups in total. The molecule has 0 aromatic heterocycles. The van der Waals surface area contributed by atoms with Crippen LogP contribution in [0.2, 0.25) is 0 Å². The van der Waals surface area contributed by atoms with Gasteiger partial charge in [0.1, 0.15) is 5.75 Å². The molecule has 0 atom stereocenters. The third-order valence-electron chi connectivity index (χ3n) is 6.14. The van der Waals surface area contributed by atoms with E-state index in [-0.39, 0.29) is 40.6 Å². The van der Waals surface area contributed by atoms with Gasteiger partial charge >= 0.3 is 0 Å². The van der Waals surface area contributed by atoms with Crippen LogP contribution in [0.15, 0.2) is 51.9 Å². The van der Waals surface area contributed by atoms with Gasteiger partial charge < -0.3 is 44.6 Å². The highest BCUT2D eigenvalue weighted by Crippen LogP contribution is 2.30. The molecule has 1 amide bonds. The lowest BCUT2D eigenvalue weighted by molar-refractivity contribution is -0.114. The molecule has 268 valence electrons. The Labute approximate surface area is 280 Å². The van der Waals surface area contributed by atoms with Crippen LogP contribution in [0.1, 0.15) is 25.8 Å². The highest BCUT2D eigenvalue weighted by atomic mass is 32.2. The molecule has 0 aliphatic carbocycles. The number of aliphatic imine (C=N–C) groups is 1.